The van der Waals surface area contributed by atoms with Crippen LogP contribution >= 0.6 is 0 Å². The second-order valence-corrected chi connectivity index (χ2v) is 4.24. The average molecular weight is 254 g/mol. The lowest BCUT2D eigenvalue weighted by Crippen LogP contribution is -2.01. The van der Waals surface area contributed by atoms with Crippen molar-refractivity contribution in [3.8, 4) is 11.1 Å². The van der Waals surface area contributed by atoms with Crippen LogP contribution in [-0.4, -0.2) is 21.5 Å². The molecule has 19 heavy (non-hydrogen) atoms. The fraction of sp³-hybridized carbons (Fsp3) is 0.214. The number of anilines is 1. The molecule has 3 rings (SSSR count). The standard InChI is InChI=1S/C14H14N4O/c1-3-15-14-16-7-11(8-17-14)10-4-5-12-13(6-10)19-9(2)18-12/h4-8H,3H2,1-2H3,(H,15,16,17). The van der Waals surface area contributed by atoms with Gasteiger partial charge in [-0.15, -0.1) is 0 Å². The number of hydrogen-bond acceptors (Lipinski definition) is 5. The SMILES string of the molecule is CCNc1ncc(-c2ccc3nc(C)oc3c2)cn1. The Hall–Kier alpha value is -2.43. The third-order valence-electron chi connectivity index (χ3n) is 2.82. The molecule has 5 heteroatoms. The van der Waals surface area contributed by atoms with E-state index < -0.39 is 0 Å². The molecule has 1 N–H and O–H groups in total. The summed E-state index contributed by atoms with van der Waals surface area (Å²) in [5, 5.41) is 3.07. The number of aryl methyl sites for hydroxylation is 1. The summed E-state index contributed by atoms with van der Waals surface area (Å²) < 4.78 is 5.53. The molecule has 0 unspecified atom stereocenters. The molecule has 0 atom stereocenters. The van der Waals surface area contributed by atoms with Crippen LogP contribution in [0, 0.1) is 6.92 Å². The van der Waals surface area contributed by atoms with Crippen molar-refractivity contribution < 1.29 is 4.42 Å². The van der Waals surface area contributed by atoms with E-state index >= 15 is 0 Å². The maximum Gasteiger partial charge on any atom is 0.222 e. The predicted octanol–water partition coefficient (Wildman–Crippen LogP) is 3.03. The zero-order valence-electron chi connectivity index (χ0n) is 10.8. The van der Waals surface area contributed by atoms with Crippen LogP contribution in [0.5, 0.6) is 0 Å². The van der Waals surface area contributed by atoms with E-state index in [4.69, 9.17) is 4.42 Å². The Kier molecular flexibility index (Phi) is 2.87. The van der Waals surface area contributed by atoms with Gasteiger partial charge in [-0.25, -0.2) is 15.0 Å². The van der Waals surface area contributed by atoms with Crippen LogP contribution in [-0.2, 0) is 0 Å². The van der Waals surface area contributed by atoms with Gasteiger partial charge in [0, 0.05) is 31.4 Å². The predicted molar refractivity (Wildman–Crippen MR) is 73.9 cm³/mol. The molecule has 0 radical (unpaired) electrons. The van der Waals surface area contributed by atoms with Crippen molar-refractivity contribution in [2.75, 3.05) is 11.9 Å². The smallest absolute Gasteiger partial charge is 0.222 e. The van der Waals surface area contributed by atoms with E-state index in [1.807, 2.05) is 32.0 Å². The number of fused-ring (bicyclic) bond motifs is 1. The molecule has 2 heterocycles. The van der Waals surface area contributed by atoms with Crippen molar-refractivity contribution in [1.29, 1.82) is 0 Å². The van der Waals surface area contributed by atoms with E-state index in [9.17, 15) is 0 Å². The largest absolute Gasteiger partial charge is 0.441 e. The molecule has 0 aliphatic heterocycles. The van der Waals surface area contributed by atoms with Crippen LogP contribution in [0.3, 0.4) is 0 Å². The van der Waals surface area contributed by atoms with Crippen LogP contribution in [0.1, 0.15) is 12.8 Å². The van der Waals surface area contributed by atoms with Crippen molar-refractivity contribution in [3.05, 3.63) is 36.5 Å². The zero-order chi connectivity index (χ0) is 13.2. The topological polar surface area (TPSA) is 63.8 Å². The van der Waals surface area contributed by atoms with Crippen LogP contribution < -0.4 is 5.32 Å². The molecule has 1 aromatic carbocycles. The summed E-state index contributed by atoms with van der Waals surface area (Å²) >= 11 is 0. The Morgan fingerprint density at radius 2 is 1.95 bits per heavy atom. The minimum Gasteiger partial charge on any atom is -0.441 e. The molecule has 3 aromatic rings. The summed E-state index contributed by atoms with van der Waals surface area (Å²) in [6.07, 6.45) is 3.60. The third kappa shape index (κ3) is 2.27. The third-order valence-corrected chi connectivity index (χ3v) is 2.82. The minimum atomic E-state index is 0.642. The number of oxazole rings is 1. The van der Waals surface area contributed by atoms with Crippen LogP contribution in [0.2, 0.25) is 0 Å². The van der Waals surface area contributed by atoms with Crippen molar-refractivity contribution in [3.63, 3.8) is 0 Å². The number of aromatic nitrogens is 3. The minimum absolute atomic E-state index is 0.642. The van der Waals surface area contributed by atoms with Gasteiger partial charge in [-0.1, -0.05) is 6.07 Å². The average Bonchev–Trinajstić information content (AvgIpc) is 2.79. The fourth-order valence-electron chi connectivity index (χ4n) is 1.95. The van der Waals surface area contributed by atoms with Gasteiger partial charge in [0.05, 0.1) is 0 Å². The number of hydrogen-bond donors (Lipinski definition) is 1. The molecule has 5 nitrogen and oxygen atoms in total. The first kappa shape index (κ1) is 11.6. The van der Waals surface area contributed by atoms with Crippen LogP contribution in [0.25, 0.3) is 22.2 Å². The van der Waals surface area contributed by atoms with Gasteiger partial charge in [0.25, 0.3) is 0 Å². The normalized spacial score (nSPS) is 10.8. The van der Waals surface area contributed by atoms with Gasteiger partial charge >= 0.3 is 0 Å². The highest BCUT2D eigenvalue weighted by atomic mass is 16.3. The van der Waals surface area contributed by atoms with Gasteiger partial charge in [0.15, 0.2) is 11.5 Å². The summed E-state index contributed by atoms with van der Waals surface area (Å²) in [6, 6.07) is 5.90. The lowest BCUT2D eigenvalue weighted by atomic mass is 10.1. The maximum atomic E-state index is 5.53. The monoisotopic (exact) mass is 254 g/mol. The van der Waals surface area contributed by atoms with Crippen LogP contribution in [0.4, 0.5) is 5.95 Å². The second-order valence-electron chi connectivity index (χ2n) is 4.24. The van der Waals surface area contributed by atoms with E-state index in [1.165, 1.54) is 0 Å². The molecular weight excluding hydrogens is 240 g/mol. The maximum absolute atomic E-state index is 5.53. The molecule has 0 saturated carbocycles. The molecule has 0 aliphatic carbocycles. The van der Waals surface area contributed by atoms with Crippen molar-refractivity contribution in [1.82, 2.24) is 15.0 Å². The number of benzene rings is 1. The Labute approximate surface area is 110 Å². The van der Waals surface area contributed by atoms with Gasteiger partial charge in [-0.05, 0) is 24.6 Å². The van der Waals surface area contributed by atoms with Crippen molar-refractivity contribution in [2.45, 2.75) is 13.8 Å². The first-order valence-electron chi connectivity index (χ1n) is 6.20. The van der Waals surface area contributed by atoms with E-state index in [1.54, 1.807) is 12.4 Å². The molecular formula is C14H14N4O. The van der Waals surface area contributed by atoms with Gasteiger partial charge < -0.3 is 9.73 Å². The van der Waals surface area contributed by atoms with Gasteiger partial charge in [0.2, 0.25) is 5.95 Å². The molecule has 0 bridgehead atoms. The molecule has 0 saturated heterocycles. The number of nitrogens with zero attached hydrogens (tertiary/aromatic N) is 3. The molecule has 96 valence electrons. The summed E-state index contributed by atoms with van der Waals surface area (Å²) in [6.45, 7) is 4.66. The molecule has 0 fully saturated rings. The van der Waals surface area contributed by atoms with Crippen LogP contribution in [0.15, 0.2) is 35.0 Å². The Morgan fingerprint density at radius 1 is 1.16 bits per heavy atom. The highest BCUT2D eigenvalue weighted by Gasteiger charge is 2.05. The van der Waals surface area contributed by atoms with E-state index in [-0.39, 0.29) is 0 Å². The Balaban J connectivity index is 1.98. The second kappa shape index (κ2) is 4.68. The number of rotatable bonds is 3. The van der Waals surface area contributed by atoms with Gasteiger partial charge in [-0.2, -0.15) is 0 Å². The molecule has 0 amide bonds. The highest BCUT2D eigenvalue weighted by Crippen LogP contribution is 2.24. The molecule has 0 aliphatic rings. The van der Waals surface area contributed by atoms with E-state index in [0.717, 1.165) is 28.8 Å². The van der Waals surface area contributed by atoms with Crippen molar-refractivity contribution >= 4 is 17.0 Å². The molecule has 0 spiro atoms. The summed E-state index contributed by atoms with van der Waals surface area (Å²) in [7, 11) is 0. The Bertz CT molecular complexity index is 703. The summed E-state index contributed by atoms with van der Waals surface area (Å²) in [5.74, 6) is 1.31. The molecule has 2 aromatic heterocycles. The fourth-order valence-corrected chi connectivity index (χ4v) is 1.95. The Morgan fingerprint density at radius 3 is 2.68 bits per heavy atom. The first-order valence-corrected chi connectivity index (χ1v) is 6.20. The van der Waals surface area contributed by atoms with E-state index in [0.29, 0.717) is 11.8 Å². The zero-order valence-corrected chi connectivity index (χ0v) is 10.8. The first-order chi connectivity index (χ1) is 9.26. The highest BCUT2D eigenvalue weighted by molar-refractivity contribution is 5.79. The lowest BCUT2D eigenvalue weighted by molar-refractivity contribution is 0.561. The van der Waals surface area contributed by atoms with Gasteiger partial charge in [-0.3, -0.25) is 0 Å². The number of nitrogens with one attached hydrogen (secondary N) is 1. The summed E-state index contributed by atoms with van der Waals surface area (Å²) in [5.41, 5.74) is 3.63. The van der Waals surface area contributed by atoms with Crippen molar-refractivity contribution in [2.24, 2.45) is 0 Å². The quantitative estimate of drug-likeness (QED) is 0.778. The summed E-state index contributed by atoms with van der Waals surface area (Å²) in [4.78, 5) is 12.8. The lowest BCUT2D eigenvalue weighted by Gasteiger charge is -2.03. The van der Waals surface area contributed by atoms with E-state index in [2.05, 4.69) is 20.3 Å². The van der Waals surface area contributed by atoms with Gasteiger partial charge in [0.1, 0.15) is 5.52 Å².